The molecule has 1 heterocycles. The zero-order chi connectivity index (χ0) is 13.9. The average molecular weight is 288 g/mol. The number of thioether (sulfide) groups is 1. The largest absolute Gasteiger partial charge is 0.226 e. The van der Waals surface area contributed by atoms with Crippen molar-refractivity contribution in [3.8, 4) is 0 Å². The molecule has 1 saturated carbocycles. The van der Waals surface area contributed by atoms with Crippen molar-refractivity contribution in [2.24, 2.45) is 0 Å². The number of hydrogen-bond acceptors (Lipinski definition) is 4. The first kappa shape index (κ1) is 13.6. The number of hydrogen-bond donors (Lipinski definition) is 0. The van der Waals surface area contributed by atoms with E-state index >= 15 is 0 Å². The summed E-state index contributed by atoms with van der Waals surface area (Å²) in [5, 5.41) is 12.0. The Kier molecular flexibility index (Phi) is 4.05. The second-order valence-corrected chi connectivity index (χ2v) is 6.65. The normalized spacial score (nSPS) is 14.9. The van der Waals surface area contributed by atoms with Gasteiger partial charge < -0.3 is 0 Å². The molecule has 1 aromatic heterocycles. The molecular formula is C15H20N4S. The molecule has 4 nitrogen and oxygen atoms in total. The van der Waals surface area contributed by atoms with Gasteiger partial charge in [0.2, 0.25) is 0 Å². The Bertz CT molecular complexity index is 558. The van der Waals surface area contributed by atoms with Crippen LogP contribution in [0.5, 0.6) is 0 Å². The Morgan fingerprint density at radius 2 is 1.95 bits per heavy atom. The summed E-state index contributed by atoms with van der Waals surface area (Å²) in [7, 11) is 0. The molecule has 1 aromatic carbocycles. The number of tetrazole rings is 1. The molecule has 0 atom stereocenters. The smallest absolute Gasteiger partial charge is 0.161 e. The average Bonchev–Trinajstić information content (AvgIpc) is 3.19. The zero-order valence-electron chi connectivity index (χ0n) is 12.0. The third-order valence-electron chi connectivity index (χ3n) is 3.60. The van der Waals surface area contributed by atoms with E-state index in [1.807, 2.05) is 16.4 Å². The zero-order valence-corrected chi connectivity index (χ0v) is 12.8. The molecular weight excluding hydrogens is 268 g/mol. The minimum absolute atomic E-state index is 0.561. The van der Waals surface area contributed by atoms with E-state index in [0.29, 0.717) is 12.0 Å². The fraction of sp³-hybridized carbons (Fsp3) is 0.533. The molecule has 1 aliphatic rings. The Hall–Kier alpha value is -1.36. The van der Waals surface area contributed by atoms with Crippen molar-refractivity contribution in [2.45, 2.75) is 50.2 Å². The molecule has 0 N–H and O–H groups in total. The summed E-state index contributed by atoms with van der Waals surface area (Å²) in [6, 6.07) is 9.48. The van der Waals surface area contributed by atoms with Gasteiger partial charge in [0.15, 0.2) is 5.82 Å². The number of benzene rings is 1. The molecule has 0 spiro atoms. The highest BCUT2D eigenvalue weighted by atomic mass is 32.2. The van der Waals surface area contributed by atoms with Crippen LogP contribution >= 0.6 is 11.8 Å². The lowest BCUT2D eigenvalue weighted by atomic mass is 10.0. The van der Waals surface area contributed by atoms with Crippen LogP contribution in [0.3, 0.4) is 0 Å². The first-order chi connectivity index (χ1) is 9.74. The second-order valence-electron chi connectivity index (χ2n) is 5.66. The van der Waals surface area contributed by atoms with Gasteiger partial charge in [0.05, 0.1) is 11.8 Å². The van der Waals surface area contributed by atoms with Crippen LogP contribution in [0, 0.1) is 0 Å². The summed E-state index contributed by atoms with van der Waals surface area (Å²) < 4.78 is 1.99. The maximum absolute atomic E-state index is 4.13. The van der Waals surface area contributed by atoms with Gasteiger partial charge in [0.1, 0.15) is 0 Å². The second kappa shape index (κ2) is 5.95. The molecule has 3 rings (SSSR count). The van der Waals surface area contributed by atoms with E-state index < -0.39 is 0 Å². The molecule has 1 fully saturated rings. The molecule has 0 bridgehead atoms. The van der Waals surface area contributed by atoms with Gasteiger partial charge in [-0.05, 0) is 40.3 Å². The summed E-state index contributed by atoms with van der Waals surface area (Å²) in [4.78, 5) is 0. The number of nitrogens with zero attached hydrogens (tertiary/aromatic N) is 4. The molecule has 5 heteroatoms. The van der Waals surface area contributed by atoms with Crippen molar-refractivity contribution in [2.75, 3.05) is 0 Å². The van der Waals surface area contributed by atoms with E-state index in [-0.39, 0.29) is 0 Å². The first-order valence-electron chi connectivity index (χ1n) is 7.17. The summed E-state index contributed by atoms with van der Waals surface area (Å²) in [5.41, 5.74) is 2.77. The topological polar surface area (TPSA) is 43.6 Å². The molecule has 0 radical (unpaired) electrons. The molecule has 0 saturated heterocycles. The van der Waals surface area contributed by atoms with Gasteiger partial charge in [-0.1, -0.05) is 38.1 Å². The predicted molar refractivity (Wildman–Crippen MR) is 81.6 cm³/mol. The fourth-order valence-corrected chi connectivity index (χ4v) is 3.07. The van der Waals surface area contributed by atoms with E-state index in [0.717, 1.165) is 17.3 Å². The van der Waals surface area contributed by atoms with Gasteiger partial charge in [-0.25, -0.2) is 4.68 Å². The Balaban J connectivity index is 1.53. The Morgan fingerprint density at radius 3 is 2.60 bits per heavy atom. The standard InChI is InChI=1S/C15H20N4S/c1-11(2)13-5-3-12(4-6-13)9-20-10-15-16-17-18-19(15)14-7-8-14/h3-6,11,14H,7-10H2,1-2H3. The van der Waals surface area contributed by atoms with Gasteiger partial charge in [0, 0.05) is 5.75 Å². The maximum atomic E-state index is 4.13. The van der Waals surface area contributed by atoms with Crippen molar-refractivity contribution in [1.82, 2.24) is 20.2 Å². The molecule has 20 heavy (non-hydrogen) atoms. The van der Waals surface area contributed by atoms with Crippen LogP contribution in [0.1, 0.15) is 55.6 Å². The van der Waals surface area contributed by atoms with Gasteiger partial charge in [-0.15, -0.1) is 16.9 Å². The van der Waals surface area contributed by atoms with Crippen LogP contribution in [0.15, 0.2) is 24.3 Å². The van der Waals surface area contributed by atoms with Gasteiger partial charge in [-0.3, -0.25) is 0 Å². The Morgan fingerprint density at radius 1 is 1.20 bits per heavy atom. The number of rotatable bonds is 6. The minimum atomic E-state index is 0.561. The molecule has 1 aliphatic carbocycles. The van der Waals surface area contributed by atoms with E-state index in [9.17, 15) is 0 Å². The van der Waals surface area contributed by atoms with E-state index in [4.69, 9.17) is 0 Å². The van der Waals surface area contributed by atoms with Crippen LogP contribution < -0.4 is 0 Å². The lowest BCUT2D eigenvalue weighted by molar-refractivity contribution is 0.593. The molecule has 106 valence electrons. The highest BCUT2D eigenvalue weighted by molar-refractivity contribution is 7.97. The van der Waals surface area contributed by atoms with Crippen LogP contribution in [0.2, 0.25) is 0 Å². The third kappa shape index (κ3) is 3.20. The highest BCUT2D eigenvalue weighted by Crippen LogP contribution is 2.35. The van der Waals surface area contributed by atoms with Crippen molar-refractivity contribution < 1.29 is 0 Å². The van der Waals surface area contributed by atoms with Crippen LogP contribution in [0.25, 0.3) is 0 Å². The van der Waals surface area contributed by atoms with Crippen LogP contribution in [-0.2, 0) is 11.5 Å². The van der Waals surface area contributed by atoms with E-state index in [2.05, 4.69) is 53.6 Å². The molecule has 2 aromatic rings. The van der Waals surface area contributed by atoms with Crippen molar-refractivity contribution in [3.05, 3.63) is 41.2 Å². The van der Waals surface area contributed by atoms with Crippen LogP contribution in [-0.4, -0.2) is 20.2 Å². The van der Waals surface area contributed by atoms with E-state index in [1.54, 1.807) is 0 Å². The molecule has 0 aliphatic heterocycles. The van der Waals surface area contributed by atoms with Gasteiger partial charge >= 0.3 is 0 Å². The molecule has 0 unspecified atom stereocenters. The summed E-state index contributed by atoms with van der Waals surface area (Å²) >= 11 is 1.87. The van der Waals surface area contributed by atoms with Gasteiger partial charge in [0.25, 0.3) is 0 Å². The number of aromatic nitrogens is 4. The quantitative estimate of drug-likeness (QED) is 0.815. The monoisotopic (exact) mass is 288 g/mol. The first-order valence-corrected chi connectivity index (χ1v) is 8.33. The summed E-state index contributed by atoms with van der Waals surface area (Å²) in [6.07, 6.45) is 2.44. The predicted octanol–water partition coefficient (Wildman–Crippen LogP) is 3.56. The van der Waals surface area contributed by atoms with Crippen molar-refractivity contribution >= 4 is 11.8 Å². The minimum Gasteiger partial charge on any atom is -0.226 e. The molecule has 0 amide bonds. The summed E-state index contributed by atoms with van der Waals surface area (Å²) in [6.45, 7) is 4.45. The maximum Gasteiger partial charge on any atom is 0.161 e. The third-order valence-corrected chi connectivity index (χ3v) is 4.60. The highest BCUT2D eigenvalue weighted by Gasteiger charge is 2.27. The fourth-order valence-electron chi connectivity index (χ4n) is 2.17. The van der Waals surface area contributed by atoms with Crippen molar-refractivity contribution in [1.29, 1.82) is 0 Å². The summed E-state index contributed by atoms with van der Waals surface area (Å²) in [5.74, 6) is 3.50. The van der Waals surface area contributed by atoms with Crippen molar-refractivity contribution in [3.63, 3.8) is 0 Å². The van der Waals surface area contributed by atoms with E-state index in [1.165, 1.54) is 24.0 Å². The van der Waals surface area contributed by atoms with Gasteiger partial charge in [-0.2, -0.15) is 0 Å². The Labute approximate surface area is 124 Å². The lowest BCUT2D eigenvalue weighted by Gasteiger charge is -2.07. The lowest BCUT2D eigenvalue weighted by Crippen LogP contribution is -2.02. The SMILES string of the molecule is CC(C)c1ccc(CSCc2nnnn2C2CC2)cc1. The van der Waals surface area contributed by atoms with Crippen LogP contribution in [0.4, 0.5) is 0 Å².